The van der Waals surface area contributed by atoms with Gasteiger partial charge in [0.2, 0.25) is 5.91 Å². The number of rotatable bonds is 5. The van der Waals surface area contributed by atoms with Crippen molar-refractivity contribution in [2.45, 2.75) is 63.3 Å². The van der Waals surface area contributed by atoms with Gasteiger partial charge in [0.15, 0.2) is 0 Å². The normalized spacial score (nSPS) is 40.8. The first-order chi connectivity index (χ1) is 8.69. The molecule has 4 saturated carbocycles. The number of carbonyl (C=O) groups excluding carboxylic acids is 2. The van der Waals surface area contributed by atoms with Crippen LogP contribution in [0.25, 0.3) is 0 Å². The van der Waals surface area contributed by atoms with E-state index in [0.717, 1.165) is 24.0 Å². The Bertz CT molecular complexity index is 315. The van der Waals surface area contributed by atoms with Gasteiger partial charge in [-0.1, -0.05) is 0 Å². The molecule has 4 fully saturated rings. The van der Waals surface area contributed by atoms with Gasteiger partial charge in [-0.05, 0) is 62.7 Å². The lowest BCUT2D eigenvalue weighted by molar-refractivity contribution is -0.126. The summed E-state index contributed by atoms with van der Waals surface area (Å²) >= 11 is 0. The lowest BCUT2D eigenvalue weighted by Gasteiger charge is -2.56. The van der Waals surface area contributed by atoms with E-state index in [4.69, 9.17) is 0 Å². The summed E-state index contributed by atoms with van der Waals surface area (Å²) in [5, 5.41) is 3.33. The molecule has 3 heteroatoms. The molecule has 1 amide bonds. The van der Waals surface area contributed by atoms with Crippen molar-refractivity contribution in [1.29, 1.82) is 0 Å². The third-order valence-electron chi connectivity index (χ3n) is 5.17. The molecule has 0 aromatic rings. The van der Waals surface area contributed by atoms with Crippen LogP contribution in [0, 0.1) is 17.8 Å². The zero-order valence-electron chi connectivity index (χ0n) is 11.0. The predicted octanol–water partition coefficient (Wildman–Crippen LogP) is 2.44. The maximum absolute atomic E-state index is 12.0. The Balaban J connectivity index is 1.58. The van der Waals surface area contributed by atoms with Crippen molar-refractivity contribution in [1.82, 2.24) is 5.32 Å². The summed E-state index contributed by atoms with van der Waals surface area (Å²) < 4.78 is 0. The highest BCUT2D eigenvalue weighted by Crippen LogP contribution is 2.55. The molecule has 0 heterocycles. The van der Waals surface area contributed by atoms with Gasteiger partial charge in [-0.2, -0.15) is 0 Å². The topological polar surface area (TPSA) is 46.2 Å². The molecule has 0 aromatic heterocycles. The maximum Gasteiger partial charge on any atom is 0.220 e. The van der Waals surface area contributed by atoms with E-state index in [1.54, 1.807) is 0 Å². The fraction of sp³-hybridized carbons (Fsp3) is 0.867. The predicted molar refractivity (Wildman–Crippen MR) is 69.0 cm³/mol. The van der Waals surface area contributed by atoms with Crippen LogP contribution in [0.5, 0.6) is 0 Å². The van der Waals surface area contributed by atoms with Crippen molar-refractivity contribution >= 4 is 12.2 Å². The number of carbonyl (C=O) groups is 2. The van der Waals surface area contributed by atoms with Crippen LogP contribution in [0.4, 0.5) is 0 Å². The summed E-state index contributed by atoms with van der Waals surface area (Å²) in [7, 11) is 0. The molecule has 100 valence electrons. The lowest BCUT2D eigenvalue weighted by atomic mass is 9.53. The summed E-state index contributed by atoms with van der Waals surface area (Å²) in [5.74, 6) is 2.77. The zero-order chi connectivity index (χ0) is 12.6. The molecule has 18 heavy (non-hydrogen) atoms. The Labute approximate surface area is 109 Å². The van der Waals surface area contributed by atoms with Crippen LogP contribution in [0.1, 0.15) is 57.8 Å². The molecule has 0 unspecified atom stereocenters. The van der Waals surface area contributed by atoms with Crippen LogP contribution < -0.4 is 5.32 Å². The molecule has 3 nitrogen and oxygen atoms in total. The monoisotopic (exact) mass is 249 g/mol. The molecule has 1 N–H and O–H groups in total. The van der Waals surface area contributed by atoms with Crippen LogP contribution in [-0.2, 0) is 9.59 Å². The number of unbranched alkanes of at least 4 members (excludes halogenated alkanes) is 1. The molecule has 0 saturated heterocycles. The van der Waals surface area contributed by atoms with E-state index >= 15 is 0 Å². The molecule has 0 spiro atoms. The summed E-state index contributed by atoms with van der Waals surface area (Å²) in [6.45, 7) is 0. The second kappa shape index (κ2) is 4.67. The molecule has 4 bridgehead atoms. The van der Waals surface area contributed by atoms with Crippen LogP contribution in [0.2, 0.25) is 0 Å². The van der Waals surface area contributed by atoms with Gasteiger partial charge >= 0.3 is 0 Å². The number of hydrogen-bond donors (Lipinski definition) is 1. The fourth-order valence-electron chi connectivity index (χ4n) is 4.97. The second-order valence-corrected chi connectivity index (χ2v) is 6.80. The van der Waals surface area contributed by atoms with E-state index in [1.165, 1.54) is 38.5 Å². The van der Waals surface area contributed by atoms with E-state index < -0.39 is 0 Å². The van der Waals surface area contributed by atoms with Gasteiger partial charge in [0.25, 0.3) is 0 Å². The van der Waals surface area contributed by atoms with Crippen LogP contribution in [0.3, 0.4) is 0 Å². The highest BCUT2D eigenvalue weighted by molar-refractivity contribution is 5.77. The molecule has 0 atom stereocenters. The Morgan fingerprint density at radius 3 is 2.17 bits per heavy atom. The summed E-state index contributed by atoms with van der Waals surface area (Å²) in [5.41, 5.74) is 0.132. The first-order valence-corrected chi connectivity index (χ1v) is 7.44. The third kappa shape index (κ3) is 2.32. The van der Waals surface area contributed by atoms with Crippen LogP contribution in [0.15, 0.2) is 0 Å². The Kier molecular flexibility index (Phi) is 3.16. The van der Waals surface area contributed by atoms with Gasteiger partial charge in [0, 0.05) is 18.4 Å². The highest BCUT2D eigenvalue weighted by Gasteiger charge is 2.51. The van der Waals surface area contributed by atoms with Crippen molar-refractivity contribution in [3.05, 3.63) is 0 Å². The molecule has 0 aromatic carbocycles. The van der Waals surface area contributed by atoms with Crippen molar-refractivity contribution < 1.29 is 9.59 Å². The molecule has 4 rings (SSSR count). The Morgan fingerprint density at radius 2 is 1.67 bits per heavy atom. The maximum atomic E-state index is 12.0. The minimum absolute atomic E-state index is 0.132. The van der Waals surface area contributed by atoms with Gasteiger partial charge in [-0.25, -0.2) is 0 Å². The quantitative estimate of drug-likeness (QED) is 0.601. The van der Waals surface area contributed by atoms with E-state index in [1.807, 2.05) is 0 Å². The minimum atomic E-state index is 0.132. The van der Waals surface area contributed by atoms with Crippen LogP contribution >= 0.6 is 0 Å². The molecule has 0 aliphatic heterocycles. The SMILES string of the molecule is O=CCCCC(=O)NC12CC3CC(CC(C3)C1)C2. The number of hydrogen-bond acceptors (Lipinski definition) is 2. The Hall–Kier alpha value is -0.860. The van der Waals surface area contributed by atoms with Gasteiger partial charge in [-0.15, -0.1) is 0 Å². The standard InChI is InChI=1S/C15H23NO2/c17-4-2-1-3-14(18)16-15-8-11-5-12(9-15)7-13(6-11)10-15/h4,11-13H,1-3,5-10H2,(H,16,18). The van der Waals surface area contributed by atoms with Crippen molar-refractivity contribution in [2.75, 3.05) is 0 Å². The van der Waals surface area contributed by atoms with Gasteiger partial charge < -0.3 is 10.1 Å². The summed E-state index contributed by atoms with van der Waals surface area (Å²) in [6, 6.07) is 0. The van der Waals surface area contributed by atoms with Crippen molar-refractivity contribution in [3.63, 3.8) is 0 Å². The minimum Gasteiger partial charge on any atom is -0.351 e. The first kappa shape index (κ1) is 12.2. The number of aldehydes is 1. The van der Waals surface area contributed by atoms with E-state index in [0.29, 0.717) is 19.3 Å². The second-order valence-electron chi connectivity index (χ2n) is 6.80. The first-order valence-electron chi connectivity index (χ1n) is 7.44. The van der Waals surface area contributed by atoms with Gasteiger partial charge in [0.1, 0.15) is 6.29 Å². The van der Waals surface area contributed by atoms with E-state index in [-0.39, 0.29) is 11.4 Å². The van der Waals surface area contributed by atoms with Crippen molar-refractivity contribution in [2.24, 2.45) is 17.8 Å². The van der Waals surface area contributed by atoms with E-state index in [2.05, 4.69) is 5.32 Å². The summed E-state index contributed by atoms with van der Waals surface area (Å²) in [6.07, 6.45) is 10.4. The van der Waals surface area contributed by atoms with Gasteiger partial charge in [-0.3, -0.25) is 4.79 Å². The molecular formula is C15H23NO2. The molecule has 0 radical (unpaired) electrons. The smallest absolute Gasteiger partial charge is 0.220 e. The highest BCUT2D eigenvalue weighted by atomic mass is 16.1. The largest absolute Gasteiger partial charge is 0.351 e. The Morgan fingerprint density at radius 1 is 1.11 bits per heavy atom. The lowest BCUT2D eigenvalue weighted by Crippen LogP contribution is -2.59. The average Bonchev–Trinajstić information content (AvgIpc) is 2.26. The average molecular weight is 249 g/mol. The molecular weight excluding hydrogens is 226 g/mol. The number of nitrogens with one attached hydrogen (secondary N) is 1. The third-order valence-corrected chi connectivity index (χ3v) is 5.17. The molecule has 4 aliphatic carbocycles. The van der Waals surface area contributed by atoms with E-state index in [9.17, 15) is 9.59 Å². The zero-order valence-corrected chi connectivity index (χ0v) is 11.0. The number of amides is 1. The molecule has 4 aliphatic rings. The fourth-order valence-corrected chi connectivity index (χ4v) is 4.97. The van der Waals surface area contributed by atoms with Crippen molar-refractivity contribution in [3.8, 4) is 0 Å². The van der Waals surface area contributed by atoms with Gasteiger partial charge in [0.05, 0.1) is 0 Å². The van der Waals surface area contributed by atoms with Crippen LogP contribution in [-0.4, -0.2) is 17.7 Å². The summed E-state index contributed by atoms with van der Waals surface area (Å²) in [4.78, 5) is 22.2.